The first-order chi connectivity index (χ1) is 19.1. The van der Waals surface area contributed by atoms with Crippen LogP contribution in [0.1, 0.15) is 108 Å². The average molecular weight is 525 g/mol. The number of rotatable bonds is 14. The number of aliphatic carboxylic acids is 1. The average Bonchev–Trinajstić information content (AvgIpc) is 2.98. The maximum atomic E-state index is 11.5. The highest BCUT2D eigenvalue weighted by Crippen LogP contribution is 2.39. The van der Waals surface area contributed by atoms with Gasteiger partial charge in [0.05, 0.1) is 5.92 Å². The normalized spacial score (nSPS) is 18.1. The molecule has 1 aliphatic rings. The van der Waals surface area contributed by atoms with Crippen LogP contribution in [0.5, 0.6) is 0 Å². The Kier molecular flexibility index (Phi) is 11.2. The third kappa shape index (κ3) is 8.31. The molecule has 3 aromatic carbocycles. The van der Waals surface area contributed by atoms with Crippen LogP contribution in [-0.2, 0) is 11.2 Å². The molecule has 4 rings (SSSR count). The van der Waals surface area contributed by atoms with Crippen LogP contribution in [0.3, 0.4) is 0 Å². The number of hydrogen-bond acceptors (Lipinski definition) is 1. The predicted octanol–water partition coefficient (Wildman–Crippen LogP) is 10.7. The van der Waals surface area contributed by atoms with Gasteiger partial charge in [0.2, 0.25) is 0 Å². The SMILES string of the molecule is CCCCC1CCC(c2ccc(-c3ccccc3-c3ccc(CCCC(CCCC)C(=O)O)cc3)cc2)CC1. The van der Waals surface area contributed by atoms with E-state index in [1.807, 2.05) is 0 Å². The van der Waals surface area contributed by atoms with E-state index in [2.05, 4.69) is 86.6 Å². The lowest BCUT2D eigenvalue weighted by Crippen LogP contribution is -2.13. The van der Waals surface area contributed by atoms with Gasteiger partial charge in [-0.25, -0.2) is 0 Å². The van der Waals surface area contributed by atoms with Gasteiger partial charge in [-0.3, -0.25) is 4.79 Å². The van der Waals surface area contributed by atoms with Crippen LogP contribution in [0.2, 0.25) is 0 Å². The van der Waals surface area contributed by atoms with Gasteiger partial charge in [0.25, 0.3) is 0 Å². The topological polar surface area (TPSA) is 37.3 Å². The van der Waals surface area contributed by atoms with Gasteiger partial charge in [-0.2, -0.15) is 0 Å². The van der Waals surface area contributed by atoms with Crippen molar-refractivity contribution in [1.82, 2.24) is 0 Å². The highest BCUT2D eigenvalue weighted by molar-refractivity contribution is 5.83. The van der Waals surface area contributed by atoms with Gasteiger partial charge < -0.3 is 5.11 Å². The summed E-state index contributed by atoms with van der Waals surface area (Å²) in [7, 11) is 0. The zero-order valence-electron chi connectivity index (χ0n) is 24.2. The van der Waals surface area contributed by atoms with Crippen LogP contribution >= 0.6 is 0 Å². The quantitative estimate of drug-likeness (QED) is 0.228. The molecular weight excluding hydrogens is 476 g/mol. The molecule has 39 heavy (non-hydrogen) atoms. The first kappa shape index (κ1) is 29.1. The summed E-state index contributed by atoms with van der Waals surface area (Å²) in [5, 5.41) is 9.50. The van der Waals surface area contributed by atoms with E-state index in [-0.39, 0.29) is 5.92 Å². The Labute approximate surface area is 236 Å². The van der Waals surface area contributed by atoms with Crippen molar-refractivity contribution in [3.05, 3.63) is 83.9 Å². The molecule has 0 heterocycles. The van der Waals surface area contributed by atoms with Gasteiger partial charge in [0.1, 0.15) is 0 Å². The molecule has 1 saturated carbocycles. The van der Waals surface area contributed by atoms with Crippen LogP contribution in [0.15, 0.2) is 72.8 Å². The molecular formula is C37H48O2. The van der Waals surface area contributed by atoms with Gasteiger partial charge in [-0.1, -0.05) is 119 Å². The smallest absolute Gasteiger partial charge is 0.306 e. The lowest BCUT2D eigenvalue weighted by Gasteiger charge is -2.29. The molecule has 3 aromatic rings. The third-order valence-corrected chi connectivity index (χ3v) is 8.97. The van der Waals surface area contributed by atoms with E-state index < -0.39 is 5.97 Å². The molecule has 2 nitrogen and oxygen atoms in total. The minimum absolute atomic E-state index is 0.205. The Bertz CT molecular complexity index is 1140. The maximum absolute atomic E-state index is 11.5. The summed E-state index contributed by atoms with van der Waals surface area (Å²) in [6.45, 7) is 4.42. The molecule has 1 N–H and O–H groups in total. The first-order valence-corrected chi connectivity index (χ1v) is 15.6. The summed E-state index contributed by atoms with van der Waals surface area (Å²) in [4.78, 5) is 11.5. The minimum Gasteiger partial charge on any atom is -0.481 e. The molecule has 0 saturated heterocycles. The molecule has 0 aromatic heterocycles. The summed E-state index contributed by atoms with van der Waals surface area (Å²) in [5.74, 6) is 0.824. The number of carboxylic acids is 1. The highest BCUT2D eigenvalue weighted by atomic mass is 16.4. The van der Waals surface area contributed by atoms with E-state index in [9.17, 15) is 9.90 Å². The second-order valence-corrected chi connectivity index (χ2v) is 11.8. The molecule has 208 valence electrons. The Balaban J connectivity index is 1.38. The maximum Gasteiger partial charge on any atom is 0.306 e. The van der Waals surface area contributed by atoms with Gasteiger partial charge in [0.15, 0.2) is 0 Å². The van der Waals surface area contributed by atoms with Crippen LogP contribution in [-0.4, -0.2) is 11.1 Å². The summed E-state index contributed by atoms with van der Waals surface area (Å²) in [5.41, 5.74) is 7.84. The first-order valence-electron chi connectivity index (χ1n) is 15.6. The number of unbranched alkanes of at least 4 members (excludes halogenated alkanes) is 2. The summed E-state index contributed by atoms with van der Waals surface area (Å²) in [6.07, 6.45) is 15.0. The van der Waals surface area contributed by atoms with Crippen molar-refractivity contribution in [3.63, 3.8) is 0 Å². The van der Waals surface area contributed by atoms with Gasteiger partial charge in [-0.05, 0) is 96.6 Å². The zero-order chi connectivity index (χ0) is 27.5. The summed E-state index contributed by atoms with van der Waals surface area (Å²) >= 11 is 0. The van der Waals surface area contributed by atoms with Crippen molar-refractivity contribution in [3.8, 4) is 22.3 Å². The Hall–Kier alpha value is -2.87. The van der Waals surface area contributed by atoms with E-state index in [1.54, 1.807) is 0 Å². The Morgan fingerprint density at radius 3 is 1.87 bits per heavy atom. The number of carboxylic acid groups (broad SMARTS) is 1. The second kappa shape index (κ2) is 15.1. The van der Waals surface area contributed by atoms with Gasteiger partial charge >= 0.3 is 5.97 Å². The summed E-state index contributed by atoms with van der Waals surface area (Å²) < 4.78 is 0. The lowest BCUT2D eigenvalue weighted by atomic mass is 9.77. The lowest BCUT2D eigenvalue weighted by molar-refractivity contribution is -0.142. The molecule has 1 atom stereocenters. The fourth-order valence-electron chi connectivity index (χ4n) is 6.44. The van der Waals surface area contributed by atoms with Crippen molar-refractivity contribution in [2.24, 2.45) is 11.8 Å². The van der Waals surface area contributed by atoms with E-state index in [1.165, 1.54) is 78.3 Å². The predicted molar refractivity (Wildman–Crippen MR) is 165 cm³/mol. The van der Waals surface area contributed by atoms with Gasteiger partial charge in [-0.15, -0.1) is 0 Å². The number of benzene rings is 3. The molecule has 1 fully saturated rings. The zero-order valence-corrected chi connectivity index (χ0v) is 24.2. The fourth-order valence-corrected chi connectivity index (χ4v) is 6.44. The van der Waals surface area contributed by atoms with Crippen molar-refractivity contribution in [2.45, 2.75) is 103 Å². The largest absolute Gasteiger partial charge is 0.481 e. The fraction of sp³-hybridized carbons (Fsp3) is 0.486. The second-order valence-electron chi connectivity index (χ2n) is 11.8. The van der Waals surface area contributed by atoms with E-state index in [4.69, 9.17) is 0 Å². The third-order valence-electron chi connectivity index (χ3n) is 8.97. The number of hydrogen-bond donors (Lipinski definition) is 1. The number of carbonyl (C=O) groups is 1. The van der Waals surface area contributed by atoms with Crippen LogP contribution < -0.4 is 0 Å². The summed E-state index contributed by atoms with van der Waals surface area (Å²) in [6, 6.07) is 27.0. The standard InChI is InChI=1S/C37H48O2/c1-3-5-10-28-16-20-30(21-17-28)31-24-26-33(27-25-31)36-15-8-7-14-35(36)32-22-18-29(19-23-32)11-9-13-34(37(38)39)12-6-4-2/h7-8,14-15,18-19,22-28,30,34H,3-6,9-13,16-17,20-21H2,1-2H3,(H,38,39). The van der Waals surface area contributed by atoms with Gasteiger partial charge in [0, 0.05) is 0 Å². The van der Waals surface area contributed by atoms with E-state index >= 15 is 0 Å². The Morgan fingerprint density at radius 1 is 0.744 bits per heavy atom. The van der Waals surface area contributed by atoms with E-state index in [0.717, 1.165) is 50.4 Å². The van der Waals surface area contributed by atoms with E-state index in [0.29, 0.717) is 0 Å². The molecule has 0 spiro atoms. The number of aryl methyl sites for hydroxylation is 1. The minimum atomic E-state index is -0.641. The molecule has 0 bridgehead atoms. The molecule has 1 aliphatic carbocycles. The molecule has 0 amide bonds. The Morgan fingerprint density at radius 2 is 1.31 bits per heavy atom. The molecule has 1 unspecified atom stereocenters. The van der Waals surface area contributed by atoms with Crippen LogP contribution in [0.4, 0.5) is 0 Å². The molecule has 2 heteroatoms. The van der Waals surface area contributed by atoms with Crippen molar-refractivity contribution < 1.29 is 9.90 Å². The van der Waals surface area contributed by atoms with Crippen molar-refractivity contribution >= 4 is 5.97 Å². The molecule has 0 aliphatic heterocycles. The van der Waals surface area contributed by atoms with Crippen molar-refractivity contribution in [2.75, 3.05) is 0 Å². The molecule has 0 radical (unpaired) electrons. The highest BCUT2D eigenvalue weighted by Gasteiger charge is 2.22. The monoisotopic (exact) mass is 524 g/mol. The van der Waals surface area contributed by atoms with Crippen molar-refractivity contribution in [1.29, 1.82) is 0 Å². The van der Waals surface area contributed by atoms with Crippen LogP contribution in [0, 0.1) is 11.8 Å². The van der Waals surface area contributed by atoms with Crippen LogP contribution in [0.25, 0.3) is 22.3 Å².